The Morgan fingerprint density at radius 1 is 1.09 bits per heavy atom. The number of aryl methyl sites for hydroxylation is 2. The van der Waals surface area contributed by atoms with Crippen molar-refractivity contribution in [1.29, 1.82) is 0 Å². The molecule has 0 spiro atoms. The van der Waals surface area contributed by atoms with Crippen LogP contribution in [0.15, 0.2) is 61.1 Å². The lowest BCUT2D eigenvalue weighted by molar-refractivity contribution is -0.134. The van der Waals surface area contributed by atoms with Crippen LogP contribution in [0.25, 0.3) is 11.1 Å². The van der Waals surface area contributed by atoms with E-state index in [0.29, 0.717) is 38.3 Å². The predicted molar refractivity (Wildman–Crippen MR) is 125 cm³/mol. The molecule has 1 fully saturated rings. The normalized spacial score (nSPS) is 16.8. The fourth-order valence-electron chi connectivity index (χ4n) is 4.36. The zero-order valence-electron chi connectivity index (χ0n) is 19.0. The van der Waals surface area contributed by atoms with Crippen molar-refractivity contribution in [3.8, 4) is 11.1 Å². The molecule has 1 saturated heterocycles. The van der Waals surface area contributed by atoms with Crippen molar-refractivity contribution in [1.82, 2.24) is 19.4 Å². The number of amides is 2. The summed E-state index contributed by atoms with van der Waals surface area (Å²) in [6.07, 6.45) is 3.95. The van der Waals surface area contributed by atoms with E-state index < -0.39 is 0 Å². The van der Waals surface area contributed by atoms with Crippen molar-refractivity contribution in [2.45, 2.75) is 20.3 Å². The standard InChI is InChI=1S/C26H30N4O2/c1-4-29-13-14-30(26(32)24-17-28(3)18-27-24)16-22(25(29)31)15-21-7-5-6-8-23(21)20-11-9-19(2)10-12-20/h5-12,17-18,22H,4,13-16H2,1-3H3. The van der Waals surface area contributed by atoms with Gasteiger partial charge in [0.05, 0.1) is 12.2 Å². The molecule has 2 aromatic carbocycles. The summed E-state index contributed by atoms with van der Waals surface area (Å²) in [5, 5.41) is 0. The lowest BCUT2D eigenvalue weighted by Crippen LogP contribution is -2.38. The minimum atomic E-state index is -0.295. The smallest absolute Gasteiger partial charge is 0.274 e. The van der Waals surface area contributed by atoms with Crippen LogP contribution in [0.5, 0.6) is 0 Å². The highest BCUT2D eigenvalue weighted by atomic mass is 16.2. The van der Waals surface area contributed by atoms with Gasteiger partial charge >= 0.3 is 0 Å². The highest BCUT2D eigenvalue weighted by Crippen LogP contribution is 2.28. The third-order valence-corrected chi connectivity index (χ3v) is 6.18. The Morgan fingerprint density at radius 2 is 1.84 bits per heavy atom. The SMILES string of the molecule is CCN1CCN(C(=O)c2cn(C)cn2)CC(Cc2ccccc2-c2ccc(C)cc2)C1=O. The highest BCUT2D eigenvalue weighted by molar-refractivity contribution is 5.93. The fourth-order valence-corrected chi connectivity index (χ4v) is 4.36. The Hall–Kier alpha value is -3.41. The highest BCUT2D eigenvalue weighted by Gasteiger charge is 2.33. The van der Waals surface area contributed by atoms with Gasteiger partial charge in [-0.25, -0.2) is 4.98 Å². The van der Waals surface area contributed by atoms with Crippen molar-refractivity contribution < 1.29 is 9.59 Å². The maximum atomic E-state index is 13.4. The van der Waals surface area contributed by atoms with E-state index in [1.54, 1.807) is 22.0 Å². The van der Waals surface area contributed by atoms with Crippen LogP contribution in [-0.2, 0) is 18.3 Å². The van der Waals surface area contributed by atoms with E-state index >= 15 is 0 Å². The molecule has 0 radical (unpaired) electrons. The number of carbonyl (C=O) groups excluding carboxylic acids is 2. The lowest BCUT2D eigenvalue weighted by Gasteiger charge is -2.24. The Kier molecular flexibility index (Phi) is 6.40. The van der Waals surface area contributed by atoms with Crippen LogP contribution < -0.4 is 0 Å². The van der Waals surface area contributed by atoms with Crippen LogP contribution in [0, 0.1) is 12.8 Å². The molecule has 1 aliphatic heterocycles. The molecule has 166 valence electrons. The van der Waals surface area contributed by atoms with Crippen molar-refractivity contribution in [2.75, 3.05) is 26.2 Å². The molecular weight excluding hydrogens is 400 g/mol. The summed E-state index contributed by atoms with van der Waals surface area (Å²) in [5.41, 5.74) is 5.03. The van der Waals surface area contributed by atoms with Crippen LogP contribution in [0.3, 0.4) is 0 Å². The van der Waals surface area contributed by atoms with Crippen molar-refractivity contribution in [3.63, 3.8) is 0 Å². The second-order valence-electron chi connectivity index (χ2n) is 8.52. The Balaban J connectivity index is 1.63. The van der Waals surface area contributed by atoms with E-state index in [9.17, 15) is 9.59 Å². The molecule has 0 bridgehead atoms. The molecule has 6 heteroatoms. The van der Waals surface area contributed by atoms with Crippen LogP contribution in [-0.4, -0.2) is 57.3 Å². The minimum Gasteiger partial charge on any atom is -0.341 e. The number of aromatic nitrogens is 2. The molecule has 2 amide bonds. The molecule has 3 aromatic rings. The Labute approximate surface area is 189 Å². The Bertz CT molecular complexity index is 1100. The van der Waals surface area contributed by atoms with Crippen LogP contribution in [0.2, 0.25) is 0 Å². The average molecular weight is 431 g/mol. The lowest BCUT2D eigenvalue weighted by atomic mass is 9.91. The van der Waals surface area contributed by atoms with E-state index in [1.807, 2.05) is 31.0 Å². The van der Waals surface area contributed by atoms with E-state index in [4.69, 9.17) is 0 Å². The molecule has 1 aromatic heterocycles. The molecule has 6 nitrogen and oxygen atoms in total. The first kappa shape index (κ1) is 21.8. The molecule has 0 aliphatic carbocycles. The minimum absolute atomic E-state index is 0.113. The topological polar surface area (TPSA) is 58.4 Å². The maximum absolute atomic E-state index is 13.4. The van der Waals surface area contributed by atoms with Gasteiger partial charge in [0.2, 0.25) is 5.91 Å². The molecule has 0 N–H and O–H groups in total. The van der Waals surface area contributed by atoms with Crippen LogP contribution >= 0.6 is 0 Å². The van der Waals surface area contributed by atoms with Gasteiger partial charge < -0.3 is 14.4 Å². The van der Waals surface area contributed by atoms with Gasteiger partial charge in [-0.3, -0.25) is 9.59 Å². The number of hydrogen-bond donors (Lipinski definition) is 0. The summed E-state index contributed by atoms with van der Waals surface area (Å²) in [7, 11) is 1.85. The van der Waals surface area contributed by atoms with E-state index in [0.717, 1.165) is 16.7 Å². The van der Waals surface area contributed by atoms with Crippen LogP contribution in [0.4, 0.5) is 0 Å². The third-order valence-electron chi connectivity index (χ3n) is 6.18. The van der Waals surface area contributed by atoms with Gasteiger partial charge in [0.15, 0.2) is 0 Å². The van der Waals surface area contributed by atoms with E-state index in [2.05, 4.69) is 48.3 Å². The van der Waals surface area contributed by atoms with Gasteiger partial charge in [0.25, 0.3) is 5.91 Å². The largest absolute Gasteiger partial charge is 0.341 e. The van der Waals surface area contributed by atoms with Gasteiger partial charge in [0, 0.05) is 39.4 Å². The molecule has 2 heterocycles. The molecule has 32 heavy (non-hydrogen) atoms. The monoisotopic (exact) mass is 430 g/mol. The first-order valence-electron chi connectivity index (χ1n) is 11.2. The first-order valence-corrected chi connectivity index (χ1v) is 11.2. The summed E-state index contributed by atoms with van der Waals surface area (Å²) >= 11 is 0. The summed E-state index contributed by atoms with van der Waals surface area (Å²) in [5.74, 6) is -0.299. The van der Waals surface area contributed by atoms with Gasteiger partial charge in [0.1, 0.15) is 5.69 Å². The first-order chi connectivity index (χ1) is 15.5. The quantitative estimate of drug-likeness (QED) is 0.622. The van der Waals surface area contributed by atoms with Crippen LogP contribution in [0.1, 0.15) is 28.5 Å². The predicted octanol–water partition coefficient (Wildman–Crippen LogP) is 3.56. The third kappa shape index (κ3) is 4.59. The zero-order chi connectivity index (χ0) is 22.7. The summed E-state index contributed by atoms with van der Waals surface area (Å²) < 4.78 is 1.77. The fraction of sp³-hybridized carbons (Fsp3) is 0.346. The number of nitrogens with zero attached hydrogens (tertiary/aromatic N) is 4. The molecule has 0 saturated carbocycles. The number of carbonyl (C=O) groups is 2. The summed E-state index contributed by atoms with van der Waals surface area (Å²) in [6.45, 7) is 6.17. The number of likely N-dealkylation sites (N-methyl/N-ethyl adjacent to an activating group) is 1. The van der Waals surface area contributed by atoms with E-state index in [1.165, 1.54) is 5.56 Å². The van der Waals surface area contributed by atoms with E-state index in [-0.39, 0.29) is 17.7 Å². The molecule has 1 atom stereocenters. The average Bonchev–Trinajstić information content (AvgIpc) is 3.17. The number of imidazole rings is 1. The molecule has 4 rings (SSSR count). The summed E-state index contributed by atoms with van der Waals surface area (Å²) in [6, 6.07) is 16.7. The van der Waals surface area contributed by atoms with Gasteiger partial charge in [-0.05, 0) is 37.0 Å². The van der Waals surface area contributed by atoms with Crippen molar-refractivity contribution >= 4 is 11.8 Å². The second kappa shape index (κ2) is 9.39. The van der Waals surface area contributed by atoms with Crippen molar-refractivity contribution in [3.05, 3.63) is 77.9 Å². The second-order valence-corrected chi connectivity index (χ2v) is 8.52. The van der Waals surface area contributed by atoms with Gasteiger partial charge in [-0.1, -0.05) is 54.1 Å². The molecular formula is C26H30N4O2. The summed E-state index contributed by atoms with van der Waals surface area (Å²) in [4.78, 5) is 34.3. The van der Waals surface area contributed by atoms with Gasteiger partial charge in [-0.15, -0.1) is 0 Å². The van der Waals surface area contributed by atoms with Crippen molar-refractivity contribution in [2.24, 2.45) is 13.0 Å². The molecule has 1 unspecified atom stereocenters. The maximum Gasteiger partial charge on any atom is 0.274 e. The zero-order valence-corrected chi connectivity index (χ0v) is 19.0. The molecule has 1 aliphatic rings. The Morgan fingerprint density at radius 3 is 2.53 bits per heavy atom. The number of hydrogen-bond acceptors (Lipinski definition) is 3. The number of rotatable bonds is 5. The number of benzene rings is 2. The van der Waals surface area contributed by atoms with Gasteiger partial charge in [-0.2, -0.15) is 0 Å².